The summed E-state index contributed by atoms with van der Waals surface area (Å²) < 4.78 is 5.97. The van der Waals surface area contributed by atoms with Crippen LogP contribution in [0.5, 0.6) is 5.75 Å². The first-order valence-corrected chi connectivity index (χ1v) is 8.92. The number of rotatable bonds is 5. The van der Waals surface area contributed by atoms with Crippen molar-refractivity contribution in [2.24, 2.45) is 11.8 Å². The first kappa shape index (κ1) is 16.8. The standard InChI is InChI=1S/C19H25NO4/c21-18(13-8-10-14(11-9-13)19(22)23)20-15-4-3-7-17(12-15)24-16-5-1-2-6-16/h3-4,7,12-14,16H,1-2,5-6,8-11H2,(H,20,21)(H,22,23). The number of amides is 1. The van der Waals surface area contributed by atoms with Gasteiger partial charge < -0.3 is 15.2 Å². The largest absolute Gasteiger partial charge is 0.490 e. The number of carboxylic acid groups (broad SMARTS) is 1. The molecule has 0 bridgehead atoms. The van der Waals surface area contributed by atoms with Crippen LogP contribution in [0.4, 0.5) is 5.69 Å². The zero-order valence-corrected chi connectivity index (χ0v) is 13.9. The lowest BCUT2D eigenvalue weighted by Crippen LogP contribution is -2.29. The summed E-state index contributed by atoms with van der Waals surface area (Å²) in [7, 11) is 0. The topological polar surface area (TPSA) is 75.6 Å². The van der Waals surface area contributed by atoms with E-state index >= 15 is 0 Å². The van der Waals surface area contributed by atoms with Crippen molar-refractivity contribution in [2.45, 2.75) is 57.5 Å². The summed E-state index contributed by atoms with van der Waals surface area (Å²) in [5, 5.41) is 12.0. The van der Waals surface area contributed by atoms with Gasteiger partial charge in [-0.15, -0.1) is 0 Å². The van der Waals surface area contributed by atoms with Crippen LogP contribution in [0, 0.1) is 11.8 Å². The maximum Gasteiger partial charge on any atom is 0.306 e. The summed E-state index contributed by atoms with van der Waals surface area (Å²) in [6.45, 7) is 0. The van der Waals surface area contributed by atoms with Crippen LogP contribution >= 0.6 is 0 Å². The molecule has 1 aromatic rings. The average molecular weight is 331 g/mol. The van der Waals surface area contributed by atoms with Gasteiger partial charge in [-0.05, 0) is 63.5 Å². The molecule has 1 amide bonds. The van der Waals surface area contributed by atoms with E-state index in [1.54, 1.807) is 0 Å². The molecule has 3 rings (SSSR count). The summed E-state index contributed by atoms with van der Waals surface area (Å²) >= 11 is 0. The van der Waals surface area contributed by atoms with Gasteiger partial charge in [0.05, 0.1) is 12.0 Å². The fraction of sp³-hybridized carbons (Fsp3) is 0.579. The second-order valence-corrected chi connectivity index (χ2v) is 6.93. The zero-order valence-electron chi connectivity index (χ0n) is 13.9. The Balaban J connectivity index is 1.53. The molecule has 0 aromatic heterocycles. The predicted molar refractivity (Wildman–Crippen MR) is 91.0 cm³/mol. The number of ether oxygens (including phenoxy) is 1. The average Bonchev–Trinajstić information content (AvgIpc) is 3.08. The summed E-state index contributed by atoms with van der Waals surface area (Å²) in [6, 6.07) is 7.55. The minimum absolute atomic E-state index is 0.0168. The molecule has 1 aromatic carbocycles. The van der Waals surface area contributed by atoms with Gasteiger partial charge in [0.25, 0.3) is 0 Å². The number of carboxylic acids is 1. The first-order chi connectivity index (χ1) is 11.6. The number of benzene rings is 1. The van der Waals surface area contributed by atoms with E-state index < -0.39 is 5.97 Å². The van der Waals surface area contributed by atoms with Crippen LogP contribution in [0.15, 0.2) is 24.3 Å². The molecule has 0 radical (unpaired) electrons. The summed E-state index contributed by atoms with van der Waals surface area (Å²) in [4.78, 5) is 23.4. The van der Waals surface area contributed by atoms with E-state index in [9.17, 15) is 9.59 Å². The van der Waals surface area contributed by atoms with E-state index in [4.69, 9.17) is 9.84 Å². The minimum Gasteiger partial charge on any atom is -0.490 e. The highest BCUT2D eigenvalue weighted by Crippen LogP contribution is 2.30. The molecule has 2 saturated carbocycles. The van der Waals surface area contributed by atoms with Crippen molar-refractivity contribution in [2.75, 3.05) is 5.32 Å². The van der Waals surface area contributed by atoms with E-state index in [2.05, 4.69) is 5.32 Å². The fourth-order valence-electron chi connectivity index (χ4n) is 3.69. The molecule has 24 heavy (non-hydrogen) atoms. The van der Waals surface area contributed by atoms with Crippen LogP contribution in [0.1, 0.15) is 51.4 Å². The van der Waals surface area contributed by atoms with Crippen LogP contribution in [-0.4, -0.2) is 23.1 Å². The molecule has 2 N–H and O–H groups in total. The monoisotopic (exact) mass is 331 g/mol. The molecule has 2 aliphatic carbocycles. The third-order valence-electron chi connectivity index (χ3n) is 5.15. The lowest BCUT2D eigenvalue weighted by molar-refractivity contribution is -0.143. The van der Waals surface area contributed by atoms with Crippen LogP contribution in [-0.2, 0) is 9.59 Å². The van der Waals surface area contributed by atoms with E-state index in [0.29, 0.717) is 31.8 Å². The Morgan fingerprint density at radius 3 is 2.33 bits per heavy atom. The number of carbonyl (C=O) groups is 2. The van der Waals surface area contributed by atoms with E-state index in [1.165, 1.54) is 12.8 Å². The molecule has 5 heteroatoms. The van der Waals surface area contributed by atoms with Crippen molar-refractivity contribution >= 4 is 17.6 Å². The number of carbonyl (C=O) groups excluding carboxylic acids is 1. The Morgan fingerprint density at radius 2 is 1.67 bits per heavy atom. The third-order valence-corrected chi connectivity index (χ3v) is 5.15. The van der Waals surface area contributed by atoms with Gasteiger partial charge >= 0.3 is 5.97 Å². The minimum atomic E-state index is -0.745. The molecule has 0 atom stereocenters. The highest BCUT2D eigenvalue weighted by atomic mass is 16.5. The lowest BCUT2D eigenvalue weighted by Gasteiger charge is -2.25. The Hall–Kier alpha value is -2.04. The predicted octanol–water partition coefficient (Wildman–Crippen LogP) is 3.84. The van der Waals surface area contributed by atoms with Crippen molar-refractivity contribution in [3.8, 4) is 5.75 Å². The molecule has 0 saturated heterocycles. The number of aliphatic carboxylic acids is 1. The van der Waals surface area contributed by atoms with Crippen molar-refractivity contribution in [3.05, 3.63) is 24.3 Å². The molecular formula is C19H25NO4. The van der Waals surface area contributed by atoms with Gasteiger partial charge in [0, 0.05) is 17.7 Å². The normalized spacial score (nSPS) is 24.5. The van der Waals surface area contributed by atoms with Gasteiger partial charge in [0.2, 0.25) is 5.91 Å². The second-order valence-electron chi connectivity index (χ2n) is 6.93. The Morgan fingerprint density at radius 1 is 1.00 bits per heavy atom. The smallest absolute Gasteiger partial charge is 0.306 e. The van der Waals surface area contributed by atoms with Gasteiger partial charge in [-0.25, -0.2) is 0 Å². The summed E-state index contributed by atoms with van der Waals surface area (Å²) in [5.41, 5.74) is 0.746. The van der Waals surface area contributed by atoms with E-state index in [1.807, 2.05) is 24.3 Å². The molecule has 0 unspecified atom stereocenters. The molecular weight excluding hydrogens is 306 g/mol. The van der Waals surface area contributed by atoms with Gasteiger partial charge in [-0.3, -0.25) is 9.59 Å². The quantitative estimate of drug-likeness (QED) is 0.859. The van der Waals surface area contributed by atoms with E-state index in [0.717, 1.165) is 24.3 Å². The molecule has 0 spiro atoms. The first-order valence-electron chi connectivity index (χ1n) is 8.92. The summed E-state index contributed by atoms with van der Waals surface area (Å²) in [5.74, 6) is -0.353. The van der Waals surface area contributed by atoms with Crippen molar-refractivity contribution < 1.29 is 19.4 Å². The van der Waals surface area contributed by atoms with E-state index in [-0.39, 0.29) is 17.7 Å². The maximum atomic E-state index is 12.4. The Labute approximate surface area is 142 Å². The highest BCUT2D eigenvalue weighted by Gasteiger charge is 2.29. The van der Waals surface area contributed by atoms with Gasteiger partial charge in [-0.1, -0.05) is 6.07 Å². The fourth-order valence-corrected chi connectivity index (χ4v) is 3.69. The SMILES string of the molecule is O=C(O)C1CCC(C(=O)Nc2cccc(OC3CCCC3)c2)CC1. The third kappa shape index (κ3) is 4.28. The Kier molecular flexibility index (Phi) is 5.38. The zero-order chi connectivity index (χ0) is 16.9. The number of hydrogen-bond donors (Lipinski definition) is 2. The van der Waals surface area contributed by atoms with Gasteiger partial charge in [-0.2, -0.15) is 0 Å². The number of hydrogen-bond acceptors (Lipinski definition) is 3. The summed E-state index contributed by atoms with van der Waals surface area (Å²) in [6.07, 6.45) is 7.38. The second kappa shape index (κ2) is 7.69. The van der Waals surface area contributed by atoms with Crippen molar-refractivity contribution in [1.82, 2.24) is 0 Å². The van der Waals surface area contributed by atoms with Gasteiger partial charge in [0.1, 0.15) is 5.75 Å². The van der Waals surface area contributed by atoms with Crippen molar-refractivity contribution in [3.63, 3.8) is 0 Å². The number of anilines is 1. The van der Waals surface area contributed by atoms with Crippen LogP contribution < -0.4 is 10.1 Å². The van der Waals surface area contributed by atoms with Gasteiger partial charge in [0.15, 0.2) is 0 Å². The maximum absolute atomic E-state index is 12.4. The molecule has 0 aliphatic heterocycles. The lowest BCUT2D eigenvalue weighted by atomic mass is 9.81. The molecule has 5 nitrogen and oxygen atoms in total. The van der Waals surface area contributed by atoms with Crippen LogP contribution in [0.3, 0.4) is 0 Å². The Bertz CT molecular complexity index is 587. The molecule has 0 heterocycles. The van der Waals surface area contributed by atoms with Crippen LogP contribution in [0.2, 0.25) is 0 Å². The van der Waals surface area contributed by atoms with Crippen LogP contribution in [0.25, 0.3) is 0 Å². The highest BCUT2D eigenvalue weighted by molar-refractivity contribution is 5.92. The number of nitrogens with one attached hydrogen (secondary N) is 1. The van der Waals surface area contributed by atoms with Crippen molar-refractivity contribution in [1.29, 1.82) is 0 Å². The molecule has 130 valence electrons. The molecule has 2 fully saturated rings. The molecule has 2 aliphatic rings.